The molecule has 2 nitrogen and oxygen atoms in total. The lowest BCUT2D eigenvalue weighted by atomic mass is 10.1. The number of benzene rings is 2. The van der Waals surface area contributed by atoms with Crippen LogP contribution >= 0.6 is 22.9 Å². The second-order valence-corrected chi connectivity index (χ2v) is 7.35. The van der Waals surface area contributed by atoms with Crippen molar-refractivity contribution in [3.63, 3.8) is 0 Å². The number of nitrogens with zero attached hydrogens (tertiary/aromatic N) is 1. The quantitative estimate of drug-likeness (QED) is 0.568. The topological polar surface area (TPSA) is 20.3 Å². The van der Waals surface area contributed by atoms with Crippen molar-refractivity contribution in [2.24, 2.45) is 0 Å². The van der Waals surface area contributed by atoms with E-state index in [1.54, 1.807) is 18.3 Å². The van der Waals surface area contributed by atoms with Crippen LogP contribution in [-0.2, 0) is 11.3 Å². The van der Waals surface area contributed by atoms with E-state index < -0.39 is 0 Å². The molecule has 122 valence electrons. The van der Waals surface area contributed by atoms with Gasteiger partial charge in [0.05, 0.1) is 12.2 Å². The van der Waals surface area contributed by atoms with Crippen molar-refractivity contribution in [1.29, 1.82) is 0 Å². The van der Waals surface area contributed by atoms with Crippen LogP contribution in [0.1, 0.15) is 17.4 Å². The smallest absolute Gasteiger partial charge is 0.224 e. The average molecular weight is 356 g/mol. The van der Waals surface area contributed by atoms with Crippen LogP contribution in [-0.4, -0.2) is 5.91 Å². The van der Waals surface area contributed by atoms with E-state index in [1.165, 1.54) is 10.4 Å². The number of rotatable bonds is 4. The zero-order valence-corrected chi connectivity index (χ0v) is 15.2. The highest BCUT2D eigenvalue weighted by molar-refractivity contribution is 7.16. The maximum absolute atomic E-state index is 12.2. The molecule has 1 heterocycles. The van der Waals surface area contributed by atoms with Crippen molar-refractivity contribution < 1.29 is 4.79 Å². The molecule has 0 saturated heterocycles. The summed E-state index contributed by atoms with van der Waals surface area (Å²) in [6.45, 7) is 4.17. The molecule has 3 aromatic rings. The lowest BCUT2D eigenvalue weighted by Gasteiger charge is -2.21. The van der Waals surface area contributed by atoms with Gasteiger partial charge in [-0.05, 0) is 36.2 Å². The van der Waals surface area contributed by atoms with Crippen LogP contribution in [0.2, 0.25) is 5.02 Å². The van der Waals surface area contributed by atoms with E-state index in [9.17, 15) is 4.79 Å². The molecule has 0 radical (unpaired) electrons. The second kappa shape index (κ2) is 7.20. The van der Waals surface area contributed by atoms with E-state index in [4.69, 9.17) is 11.6 Å². The number of anilines is 1. The van der Waals surface area contributed by atoms with Crippen molar-refractivity contribution >= 4 is 34.5 Å². The Bertz CT molecular complexity index is 857. The zero-order valence-electron chi connectivity index (χ0n) is 13.6. The van der Waals surface area contributed by atoms with Gasteiger partial charge in [-0.2, -0.15) is 0 Å². The number of halogens is 1. The van der Waals surface area contributed by atoms with Crippen LogP contribution in [0, 0.1) is 6.92 Å². The third kappa shape index (κ3) is 3.69. The van der Waals surface area contributed by atoms with Crippen LogP contribution in [0.25, 0.3) is 10.4 Å². The average Bonchev–Trinajstić information content (AvgIpc) is 2.95. The van der Waals surface area contributed by atoms with Crippen molar-refractivity contribution in [2.45, 2.75) is 20.4 Å². The lowest BCUT2D eigenvalue weighted by molar-refractivity contribution is -0.116. The first-order valence-corrected chi connectivity index (χ1v) is 8.92. The monoisotopic (exact) mass is 355 g/mol. The molecule has 0 atom stereocenters. The summed E-state index contributed by atoms with van der Waals surface area (Å²) in [5, 5.41) is 0.683. The summed E-state index contributed by atoms with van der Waals surface area (Å²) < 4.78 is 0. The van der Waals surface area contributed by atoms with Crippen LogP contribution < -0.4 is 4.90 Å². The highest BCUT2D eigenvalue weighted by Gasteiger charge is 2.18. The summed E-state index contributed by atoms with van der Waals surface area (Å²) in [7, 11) is 0. The van der Waals surface area contributed by atoms with Crippen molar-refractivity contribution in [2.75, 3.05) is 4.90 Å². The molecule has 1 amide bonds. The minimum atomic E-state index is 0.0236. The molecular weight excluding hydrogens is 338 g/mol. The fourth-order valence-electron chi connectivity index (χ4n) is 2.67. The first-order chi connectivity index (χ1) is 11.5. The summed E-state index contributed by atoms with van der Waals surface area (Å²) in [5.41, 5.74) is 3.15. The van der Waals surface area contributed by atoms with E-state index in [0.29, 0.717) is 11.6 Å². The number of carbonyl (C=O) groups excluding carboxylic acids is 1. The van der Waals surface area contributed by atoms with Crippen LogP contribution in [0.4, 0.5) is 5.69 Å². The molecule has 0 N–H and O–H groups in total. The van der Waals surface area contributed by atoms with Crippen LogP contribution in [0.5, 0.6) is 0 Å². The Morgan fingerprint density at radius 3 is 2.50 bits per heavy atom. The fourth-order valence-corrected chi connectivity index (χ4v) is 3.91. The Hall–Kier alpha value is -2.10. The largest absolute Gasteiger partial charge is 0.307 e. The molecule has 0 fully saturated rings. The third-order valence-corrected chi connectivity index (χ3v) is 5.17. The van der Waals surface area contributed by atoms with Gasteiger partial charge in [-0.15, -0.1) is 11.3 Å². The molecule has 0 unspecified atom stereocenters. The number of aryl methyl sites for hydroxylation is 1. The number of thiophene rings is 1. The predicted octanol–water partition coefficient (Wildman–Crippen LogP) is 5.93. The van der Waals surface area contributed by atoms with Gasteiger partial charge in [0.2, 0.25) is 5.91 Å². The predicted molar refractivity (Wildman–Crippen MR) is 103 cm³/mol. The van der Waals surface area contributed by atoms with E-state index >= 15 is 0 Å². The van der Waals surface area contributed by atoms with Gasteiger partial charge in [0.1, 0.15) is 0 Å². The minimum Gasteiger partial charge on any atom is -0.307 e. The fraction of sp³-hybridized carbons (Fsp3) is 0.150. The van der Waals surface area contributed by atoms with Crippen LogP contribution in [0.3, 0.4) is 0 Å². The molecule has 0 aliphatic heterocycles. The van der Waals surface area contributed by atoms with Gasteiger partial charge in [-0.3, -0.25) is 4.79 Å². The summed E-state index contributed by atoms with van der Waals surface area (Å²) in [6, 6.07) is 20.0. The van der Waals surface area contributed by atoms with Gasteiger partial charge < -0.3 is 4.90 Å². The molecule has 0 aliphatic carbocycles. The van der Waals surface area contributed by atoms with Gasteiger partial charge >= 0.3 is 0 Å². The molecule has 0 bridgehead atoms. The van der Waals surface area contributed by atoms with Crippen molar-refractivity contribution in [1.82, 2.24) is 0 Å². The van der Waals surface area contributed by atoms with Gasteiger partial charge in [-0.25, -0.2) is 0 Å². The normalized spacial score (nSPS) is 10.6. The second-order valence-electron chi connectivity index (χ2n) is 5.65. The maximum atomic E-state index is 12.2. The number of hydrogen-bond donors (Lipinski definition) is 0. The first kappa shape index (κ1) is 16.7. The Balaban J connectivity index is 1.95. The third-order valence-electron chi connectivity index (χ3n) is 3.85. The summed E-state index contributed by atoms with van der Waals surface area (Å²) in [4.78, 5) is 16.3. The Morgan fingerprint density at radius 1 is 1.08 bits per heavy atom. The molecule has 4 heteroatoms. The number of amides is 1. The maximum Gasteiger partial charge on any atom is 0.224 e. The minimum absolute atomic E-state index is 0.0236. The number of hydrogen-bond acceptors (Lipinski definition) is 2. The molecule has 2 aromatic carbocycles. The van der Waals surface area contributed by atoms with E-state index in [-0.39, 0.29) is 5.91 Å². The Kier molecular flexibility index (Phi) is 5.03. The molecule has 24 heavy (non-hydrogen) atoms. The Labute approximate surface area is 151 Å². The van der Waals surface area contributed by atoms with Gasteiger partial charge in [0.25, 0.3) is 0 Å². The highest BCUT2D eigenvalue weighted by Crippen LogP contribution is 2.37. The summed E-state index contributed by atoms with van der Waals surface area (Å²) >= 11 is 7.77. The van der Waals surface area contributed by atoms with Gasteiger partial charge in [-0.1, -0.05) is 54.1 Å². The van der Waals surface area contributed by atoms with E-state index in [2.05, 4.69) is 25.1 Å². The number of carbonyl (C=O) groups is 1. The summed E-state index contributed by atoms with van der Waals surface area (Å²) in [6.07, 6.45) is 0. The molecule has 0 aliphatic rings. The standard InChI is InChI=1S/C20H18ClNOS/c1-14-19(12-20(24-14)17-8-4-3-5-9-17)22(15(2)23)13-16-7-6-10-18(21)11-16/h3-12H,13H2,1-2H3. The zero-order chi connectivity index (χ0) is 17.1. The highest BCUT2D eigenvalue weighted by atomic mass is 35.5. The van der Waals surface area contributed by atoms with E-state index in [0.717, 1.165) is 16.1 Å². The van der Waals surface area contributed by atoms with Crippen LogP contribution in [0.15, 0.2) is 60.7 Å². The van der Waals surface area contributed by atoms with Crippen molar-refractivity contribution in [3.8, 4) is 10.4 Å². The van der Waals surface area contributed by atoms with Gasteiger partial charge in [0, 0.05) is 21.7 Å². The molecule has 3 rings (SSSR count). The SMILES string of the molecule is CC(=O)N(Cc1cccc(Cl)c1)c1cc(-c2ccccc2)sc1C. The van der Waals surface area contributed by atoms with E-state index in [1.807, 2.05) is 47.4 Å². The summed E-state index contributed by atoms with van der Waals surface area (Å²) in [5.74, 6) is 0.0236. The molecule has 0 spiro atoms. The molecular formula is C20H18ClNOS. The van der Waals surface area contributed by atoms with Crippen molar-refractivity contribution in [3.05, 3.63) is 76.1 Å². The first-order valence-electron chi connectivity index (χ1n) is 7.73. The Morgan fingerprint density at radius 2 is 1.83 bits per heavy atom. The molecule has 1 aromatic heterocycles. The molecule has 0 saturated carbocycles. The van der Waals surface area contributed by atoms with Gasteiger partial charge in [0.15, 0.2) is 0 Å². The lowest BCUT2D eigenvalue weighted by Crippen LogP contribution is -2.27.